The Labute approximate surface area is 90.0 Å². The number of nitrogens with one attached hydrogen (secondary N) is 1. The fourth-order valence-corrected chi connectivity index (χ4v) is 1.17. The molecule has 5 nitrogen and oxygen atoms in total. The van der Waals surface area contributed by atoms with E-state index in [1.54, 1.807) is 6.92 Å². The minimum Gasteiger partial charge on any atom is -0.481 e. The number of unbranched alkanes of at least 4 members (excludes halogenated alkanes) is 2. The molecule has 1 amide bonds. The fraction of sp³-hybridized carbons (Fsp3) is 0.800. The van der Waals surface area contributed by atoms with Crippen LogP contribution < -0.4 is 11.1 Å². The van der Waals surface area contributed by atoms with Gasteiger partial charge in [-0.2, -0.15) is 0 Å². The summed E-state index contributed by atoms with van der Waals surface area (Å²) in [4.78, 5) is 21.3. The molecule has 0 spiro atoms. The number of aliphatic carboxylic acids is 1. The molecule has 1 atom stereocenters. The number of carboxylic acid groups (broad SMARTS) is 1. The summed E-state index contributed by atoms with van der Waals surface area (Å²) in [6.45, 7) is 2.39. The lowest BCUT2D eigenvalue weighted by molar-refractivity contribution is -0.137. The van der Waals surface area contributed by atoms with Crippen LogP contribution in [0.25, 0.3) is 0 Å². The Hall–Kier alpha value is -1.10. The van der Waals surface area contributed by atoms with E-state index >= 15 is 0 Å². The Morgan fingerprint density at radius 1 is 1.33 bits per heavy atom. The zero-order chi connectivity index (χ0) is 11.7. The van der Waals surface area contributed by atoms with Gasteiger partial charge >= 0.3 is 5.97 Å². The largest absolute Gasteiger partial charge is 0.481 e. The van der Waals surface area contributed by atoms with Crippen LogP contribution in [0.2, 0.25) is 0 Å². The third-order valence-corrected chi connectivity index (χ3v) is 1.90. The van der Waals surface area contributed by atoms with Crippen LogP contribution in [0.5, 0.6) is 0 Å². The maximum atomic E-state index is 11.1. The molecule has 15 heavy (non-hydrogen) atoms. The van der Waals surface area contributed by atoms with Gasteiger partial charge in [0.15, 0.2) is 0 Å². The Balaban J connectivity index is 3.24. The first kappa shape index (κ1) is 13.9. The zero-order valence-corrected chi connectivity index (χ0v) is 9.16. The molecule has 0 bridgehead atoms. The average Bonchev–Trinajstić information content (AvgIpc) is 2.09. The second kappa shape index (κ2) is 8.23. The van der Waals surface area contributed by atoms with Gasteiger partial charge in [-0.15, -0.1) is 0 Å². The standard InChI is InChI=1S/C10H20N2O3/c1-8(11)7-9(13)12-6-4-2-3-5-10(14)15/h8H,2-7,11H2,1H3,(H,12,13)(H,14,15). The smallest absolute Gasteiger partial charge is 0.303 e. The molecule has 0 fully saturated rings. The van der Waals surface area contributed by atoms with Crippen molar-refractivity contribution in [3.05, 3.63) is 0 Å². The molecule has 0 aromatic carbocycles. The summed E-state index contributed by atoms with van der Waals surface area (Å²) in [5.74, 6) is -0.806. The Kier molecular flexibility index (Phi) is 7.62. The first-order valence-electron chi connectivity index (χ1n) is 5.26. The van der Waals surface area contributed by atoms with E-state index in [-0.39, 0.29) is 18.4 Å². The van der Waals surface area contributed by atoms with E-state index in [0.717, 1.165) is 12.8 Å². The van der Waals surface area contributed by atoms with Crippen molar-refractivity contribution < 1.29 is 14.7 Å². The van der Waals surface area contributed by atoms with Gasteiger partial charge in [0.2, 0.25) is 5.91 Å². The Morgan fingerprint density at radius 3 is 2.53 bits per heavy atom. The maximum Gasteiger partial charge on any atom is 0.303 e. The van der Waals surface area contributed by atoms with Gasteiger partial charge in [0.1, 0.15) is 0 Å². The number of nitrogens with two attached hydrogens (primary N) is 1. The van der Waals surface area contributed by atoms with Gasteiger partial charge in [0.25, 0.3) is 0 Å². The number of hydrogen-bond donors (Lipinski definition) is 3. The number of carbonyl (C=O) groups is 2. The minimum absolute atomic E-state index is 0.0387. The van der Waals surface area contributed by atoms with Crippen molar-refractivity contribution in [1.82, 2.24) is 5.32 Å². The van der Waals surface area contributed by atoms with E-state index in [2.05, 4.69) is 5.32 Å². The minimum atomic E-state index is -0.768. The number of hydrogen-bond acceptors (Lipinski definition) is 3. The highest BCUT2D eigenvalue weighted by molar-refractivity contribution is 5.76. The normalized spacial score (nSPS) is 12.1. The molecule has 88 valence electrons. The van der Waals surface area contributed by atoms with Crippen molar-refractivity contribution >= 4 is 11.9 Å². The van der Waals surface area contributed by atoms with Crippen molar-refractivity contribution in [1.29, 1.82) is 0 Å². The van der Waals surface area contributed by atoms with Gasteiger partial charge < -0.3 is 16.2 Å². The highest BCUT2D eigenvalue weighted by Gasteiger charge is 2.03. The van der Waals surface area contributed by atoms with Crippen molar-refractivity contribution in [2.24, 2.45) is 5.73 Å². The molecule has 0 radical (unpaired) electrons. The quantitative estimate of drug-likeness (QED) is 0.515. The summed E-state index contributed by atoms with van der Waals surface area (Å²) in [5.41, 5.74) is 5.45. The highest BCUT2D eigenvalue weighted by atomic mass is 16.4. The first-order valence-corrected chi connectivity index (χ1v) is 5.26. The van der Waals surface area contributed by atoms with E-state index < -0.39 is 5.97 Å². The van der Waals surface area contributed by atoms with Crippen molar-refractivity contribution in [3.8, 4) is 0 Å². The average molecular weight is 216 g/mol. The zero-order valence-electron chi connectivity index (χ0n) is 9.16. The lowest BCUT2D eigenvalue weighted by Gasteiger charge is -2.06. The molecule has 5 heteroatoms. The van der Waals surface area contributed by atoms with E-state index in [4.69, 9.17) is 10.8 Å². The van der Waals surface area contributed by atoms with E-state index in [9.17, 15) is 9.59 Å². The van der Waals surface area contributed by atoms with Crippen LogP contribution in [-0.4, -0.2) is 29.6 Å². The van der Waals surface area contributed by atoms with E-state index in [1.165, 1.54) is 0 Å². The molecule has 0 aliphatic rings. The van der Waals surface area contributed by atoms with E-state index in [0.29, 0.717) is 19.4 Å². The molecule has 0 aromatic heterocycles. The van der Waals surface area contributed by atoms with Crippen LogP contribution in [0.3, 0.4) is 0 Å². The molecule has 0 saturated heterocycles. The van der Waals surface area contributed by atoms with E-state index in [1.807, 2.05) is 0 Å². The second-order valence-corrected chi connectivity index (χ2v) is 3.74. The first-order chi connectivity index (χ1) is 7.02. The summed E-state index contributed by atoms with van der Waals surface area (Å²) in [5, 5.41) is 11.1. The number of carboxylic acids is 1. The molecular weight excluding hydrogens is 196 g/mol. The van der Waals surface area contributed by atoms with Crippen LogP contribution in [0.15, 0.2) is 0 Å². The highest BCUT2D eigenvalue weighted by Crippen LogP contribution is 1.98. The molecule has 0 aliphatic heterocycles. The lowest BCUT2D eigenvalue weighted by atomic mass is 10.2. The molecule has 0 saturated carbocycles. The van der Waals surface area contributed by atoms with Gasteiger partial charge in [-0.3, -0.25) is 9.59 Å². The second-order valence-electron chi connectivity index (χ2n) is 3.74. The topological polar surface area (TPSA) is 92.4 Å². The lowest BCUT2D eigenvalue weighted by Crippen LogP contribution is -2.30. The van der Waals surface area contributed by atoms with Crippen LogP contribution in [0.4, 0.5) is 0 Å². The summed E-state index contributed by atoms with van der Waals surface area (Å²) in [6, 6.07) is -0.114. The molecule has 0 rings (SSSR count). The van der Waals surface area contributed by atoms with Gasteiger partial charge in [-0.1, -0.05) is 6.42 Å². The van der Waals surface area contributed by atoms with Gasteiger partial charge in [0.05, 0.1) is 0 Å². The van der Waals surface area contributed by atoms with Crippen LogP contribution in [-0.2, 0) is 9.59 Å². The summed E-state index contributed by atoms with van der Waals surface area (Å²) >= 11 is 0. The molecular formula is C10H20N2O3. The molecule has 0 heterocycles. The van der Waals surface area contributed by atoms with Gasteiger partial charge in [-0.25, -0.2) is 0 Å². The predicted octanol–water partition coefficient (Wildman–Crippen LogP) is 0.485. The predicted molar refractivity (Wildman–Crippen MR) is 57.4 cm³/mol. The van der Waals surface area contributed by atoms with Crippen molar-refractivity contribution in [2.45, 2.75) is 45.1 Å². The summed E-state index contributed by atoms with van der Waals surface area (Å²) < 4.78 is 0. The molecule has 0 aromatic rings. The third kappa shape index (κ3) is 10.8. The van der Waals surface area contributed by atoms with Crippen LogP contribution in [0, 0.1) is 0 Å². The Morgan fingerprint density at radius 2 is 2.00 bits per heavy atom. The van der Waals surface area contributed by atoms with Crippen molar-refractivity contribution in [2.75, 3.05) is 6.54 Å². The molecule has 1 unspecified atom stereocenters. The third-order valence-electron chi connectivity index (χ3n) is 1.90. The van der Waals surface area contributed by atoms with Crippen LogP contribution >= 0.6 is 0 Å². The van der Waals surface area contributed by atoms with Crippen LogP contribution in [0.1, 0.15) is 39.0 Å². The molecule has 0 aliphatic carbocycles. The van der Waals surface area contributed by atoms with Gasteiger partial charge in [-0.05, 0) is 19.8 Å². The number of carbonyl (C=O) groups excluding carboxylic acids is 1. The maximum absolute atomic E-state index is 11.1. The number of amides is 1. The fourth-order valence-electron chi connectivity index (χ4n) is 1.17. The monoisotopic (exact) mass is 216 g/mol. The number of rotatable bonds is 8. The summed E-state index contributed by atoms with van der Waals surface area (Å²) in [6.07, 6.45) is 2.85. The summed E-state index contributed by atoms with van der Waals surface area (Å²) in [7, 11) is 0. The van der Waals surface area contributed by atoms with Crippen molar-refractivity contribution in [3.63, 3.8) is 0 Å². The van der Waals surface area contributed by atoms with Gasteiger partial charge in [0, 0.05) is 25.4 Å². The SMILES string of the molecule is CC(N)CC(=O)NCCCCCC(=O)O. The molecule has 4 N–H and O–H groups in total. The Bertz CT molecular complexity index is 205.